The minimum absolute atomic E-state index is 0.337. The van der Waals surface area contributed by atoms with Gasteiger partial charge in [-0.25, -0.2) is 0 Å². The molecule has 0 radical (unpaired) electrons. The molecular weight excluding hydrogens is 288 g/mol. The Hall–Kier alpha value is -0.490. The van der Waals surface area contributed by atoms with E-state index < -0.39 is 0 Å². The zero-order valence-electron chi connectivity index (χ0n) is 6.09. The minimum Gasteiger partial charge on any atom is -0.369 e. The van der Waals surface area contributed by atoms with Crippen LogP contribution in [0.5, 0.6) is 0 Å². The number of rotatable bonds is 1. The molecule has 0 saturated heterocycles. The number of nitrogens with two attached hydrogens (primary N) is 1. The summed E-state index contributed by atoms with van der Waals surface area (Å²) >= 11 is 7.66. The van der Waals surface area contributed by atoms with Crippen LogP contribution in [0, 0.1) is 0 Å². The van der Waals surface area contributed by atoms with Crippen molar-refractivity contribution in [1.82, 2.24) is 0 Å². The van der Waals surface area contributed by atoms with E-state index >= 15 is 0 Å². The highest BCUT2D eigenvalue weighted by Crippen LogP contribution is 2.19. The van der Waals surface area contributed by atoms with Crippen LogP contribution < -0.4 is 11.1 Å². The number of para-hydroxylation sites is 1. The summed E-state index contributed by atoms with van der Waals surface area (Å²) in [5.41, 5.74) is 6.21. The fourth-order valence-corrected chi connectivity index (χ4v) is 1.03. The summed E-state index contributed by atoms with van der Waals surface area (Å²) in [4.78, 5) is 0. The predicted molar refractivity (Wildman–Crippen MR) is 60.7 cm³/mol. The van der Waals surface area contributed by atoms with Crippen molar-refractivity contribution < 1.29 is 0 Å². The molecule has 0 saturated carbocycles. The van der Waals surface area contributed by atoms with Crippen LogP contribution >= 0.6 is 34.5 Å². The standard InChI is InChI=1S/C7H7ClIN3/c8-5-3-1-2-4-6(5)11-7(10)12-9/h1-4H,(H3,10,11,12). The lowest BCUT2D eigenvalue weighted by molar-refractivity contribution is 1.56. The second-order valence-electron chi connectivity index (χ2n) is 2.07. The van der Waals surface area contributed by atoms with Crippen LogP contribution in [0.4, 0.5) is 5.69 Å². The van der Waals surface area contributed by atoms with E-state index in [9.17, 15) is 0 Å². The monoisotopic (exact) mass is 295 g/mol. The Kier molecular flexibility index (Phi) is 3.61. The number of hydrogen-bond donors (Lipinski definition) is 2. The first kappa shape index (κ1) is 9.60. The molecule has 64 valence electrons. The summed E-state index contributed by atoms with van der Waals surface area (Å²) in [5, 5.41) is 3.47. The van der Waals surface area contributed by atoms with Crippen LogP contribution in [0.2, 0.25) is 5.02 Å². The molecule has 0 spiro atoms. The van der Waals surface area contributed by atoms with Crippen LogP contribution in [0.25, 0.3) is 0 Å². The van der Waals surface area contributed by atoms with Crippen molar-refractivity contribution in [3.8, 4) is 0 Å². The molecule has 0 aliphatic rings. The molecule has 1 aromatic rings. The molecule has 3 N–H and O–H groups in total. The molecule has 12 heavy (non-hydrogen) atoms. The van der Waals surface area contributed by atoms with Crippen molar-refractivity contribution in [2.75, 3.05) is 5.32 Å². The molecule has 5 heteroatoms. The molecule has 0 unspecified atom stereocenters. The molecule has 3 nitrogen and oxygen atoms in total. The normalized spacial score (nSPS) is 11.3. The first-order chi connectivity index (χ1) is 5.74. The smallest absolute Gasteiger partial charge is 0.203 e. The Balaban J connectivity index is 2.82. The highest BCUT2D eigenvalue weighted by molar-refractivity contribution is 14.1. The molecular formula is C7H7ClIN3. The SMILES string of the molecule is NC(=NI)Nc1ccccc1Cl. The van der Waals surface area contributed by atoms with Crippen molar-refractivity contribution in [3.05, 3.63) is 29.3 Å². The van der Waals surface area contributed by atoms with Crippen molar-refractivity contribution >= 4 is 46.1 Å². The van der Waals surface area contributed by atoms with Crippen LogP contribution in [0.1, 0.15) is 0 Å². The molecule has 0 aliphatic carbocycles. The number of guanidine groups is 1. The maximum Gasteiger partial charge on any atom is 0.203 e. The zero-order chi connectivity index (χ0) is 8.97. The van der Waals surface area contributed by atoms with Crippen LogP contribution in [-0.2, 0) is 0 Å². The van der Waals surface area contributed by atoms with E-state index in [1.54, 1.807) is 6.07 Å². The Morgan fingerprint density at radius 2 is 2.17 bits per heavy atom. The van der Waals surface area contributed by atoms with E-state index in [1.165, 1.54) is 0 Å². The van der Waals surface area contributed by atoms with E-state index in [-0.39, 0.29) is 0 Å². The lowest BCUT2D eigenvalue weighted by Gasteiger charge is -2.04. The Bertz CT molecular complexity index is 300. The van der Waals surface area contributed by atoms with Gasteiger partial charge in [-0.2, -0.15) is 3.21 Å². The van der Waals surface area contributed by atoms with Crippen molar-refractivity contribution in [2.45, 2.75) is 0 Å². The quantitative estimate of drug-likeness (QED) is 0.475. The lowest BCUT2D eigenvalue weighted by atomic mass is 10.3. The second kappa shape index (κ2) is 4.51. The van der Waals surface area contributed by atoms with Gasteiger partial charge in [-0.1, -0.05) is 23.7 Å². The number of hydrogen-bond acceptors (Lipinski definition) is 1. The van der Waals surface area contributed by atoms with Gasteiger partial charge >= 0.3 is 0 Å². The average molecular weight is 296 g/mol. The zero-order valence-corrected chi connectivity index (χ0v) is 9.00. The largest absolute Gasteiger partial charge is 0.369 e. The topological polar surface area (TPSA) is 50.4 Å². The Morgan fingerprint density at radius 1 is 1.50 bits per heavy atom. The van der Waals surface area contributed by atoms with Crippen LogP contribution in [0.15, 0.2) is 27.5 Å². The maximum atomic E-state index is 5.85. The molecule has 0 aromatic heterocycles. The van der Waals surface area contributed by atoms with Crippen molar-refractivity contribution in [1.29, 1.82) is 0 Å². The van der Waals surface area contributed by atoms with Gasteiger partial charge in [0.2, 0.25) is 5.96 Å². The van der Waals surface area contributed by atoms with Gasteiger partial charge in [0.25, 0.3) is 0 Å². The van der Waals surface area contributed by atoms with Crippen molar-refractivity contribution in [3.63, 3.8) is 0 Å². The van der Waals surface area contributed by atoms with Gasteiger partial charge in [-0.05, 0) is 12.1 Å². The summed E-state index contributed by atoms with van der Waals surface area (Å²) in [6, 6.07) is 7.33. The highest BCUT2D eigenvalue weighted by Gasteiger charge is 1.98. The maximum absolute atomic E-state index is 5.85. The summed E-state index contributed by atoms with van der Waals surface area (Å²) < 4.78 is 3.72. The number of halogens is 2. The van der Waals surface area contributed by atoms with Gasteiger partial charge in [0, 0.05) is 0 Å². The third kappa shape index (κ3) is 2.53. The van der Waals surface area contributed by atoms with Crippen LogP contribution in [0.3, 0.4) is 0 Å². The lowest BCUT2D eigenvalue weighted by Crippen LogP contribution is -2.21. The van der Waals surface area contributed by atoms with E-state index in [2.05, 4.69) is 8.52 Å². The molecule has 0 bridgehead atoms. The summed E-state index contributed by atoms with van der Waals surface area (Å²) in [7, 11) is 0. The number of nitrogens with zero attached hydrogens (tertiary/aromatic N) is 1. The van der Waals surface area contributed by atoms with Gasteiger partial charge in [-0.3, -0.25) is 0 Å². The van der Waals surface area contributed by atoms with Gasteiger partial charge in [0.05, 0.1) is 33.6 Å². The third-order valence-corrected chi connectivity index (χ3v) is 2.08. The highest BCUT2D eigenvalue weighted by atomic mass is 127. The first-order valence-corrected chi connectivity index (χ1v) is 4.54. The first-order valence-electron chi connectivity index (χ1n) is 3.20. The Morgan fingerprint density at radius 3 is 2.75 bits per heavy atom. The summed E-state index contributed by atoms with van der Waals surface area (Å²) in [5.74, 6) is 0.337. The average Bonchev–Trinajstić information content (AvgIpc) is 2.09. The third-order valence-electron chi connectivity index (χ3n) is 1.23. The van der Waals surface area contributed by atoms with Gasteiger partial charge in [0.15, 0.2) is 0 Å². The fourth-order valence-electron chi connectivity index (χ4n) is 0.722. The van der Waals surface area contributed by atoms with E-state index in [0.29, 0.717) is 11.0 Å². The second-order valence-corrected chi connectivity index (χ2v) is 2.96. The summed E-state index contributed by atoms with van der Waals surface area (Å²) in [6.45, 7) is 0. The van der Waals surface area contributed by atoms with E-state index in [0.717, 1.165) is 5.69 Å². The molecule has 0 heterocycles. The predicted octanol–water partition coefficient (Wildman–Crippen LogP) is 2.42. The Labute approximate surface area is 89.5 Å². The van der Waals surface area contributed by atoms with Gasteiger partial charge in [-0.15, -0.1) is 0 Å². The van der Waals surface area contributed by atoms with Gasteiger partial charge in [0.1, 0.15) is 0 Å². The summed E-state index contributed by atoms with van der Waals surface area (Å²) in [6.07, 6.45) is 0. The van der Waals surface area contributed by atoms with E-state index in [1.807, 2.05) is 41.1 Å². The molecule has 0 aliphatic heterocycles. The number of nitrogens with one attached hydrogen (secondary N) is 1. The van der Waals surface area contributed by atoms with Crippen molar-refractivity contribution in [2.24, 2.45) is 8.94 Å². The molecule has 0 fully saturated rings. The van der Waals surface area contributed by atoms with Crippen LogP contribution in [-0.4, -0.2) is 5.96 Å². The molecule has 0 atom stereocenters. The molecule has 0 amide bonds. The van der Waals surface area contributed by atoms with E-state index in [4.69, 9.17) is 17.3 Å². The molecule has 1 rings (SSSR count). The molecule has 1 aromatic carbocycles. The fraction of sp³-hybridized carbons (Fsp3) is 0. The number of benzene rings is 1. The van der Waals surface area contributed by atoms with Gasteiger partial charge < -0.3 is 11.1 Å². The number of anilines is 1. The minimum atomic E-state index is 0.337.